The normalized spacial score (nSPS) is 10.9. The summed E-state index contributed by atoms with van der Waals surface area (Å²) in [4.78, 5) is 3.95. The molecule has 0 atom stereocenters. The van der Waals surface area contributed by atoms with Crippen molar-refractivity contribution < 1.29 is 22.8 Å². The Morgan fingerprint density at radius 1 is 1.00 bits per heavy atom. The average molecular weight is 306 g/mol. The number of benzene rings is 2. The third-order valence-electron chi connectivity index (χ3n) is 3.01. The van der Waals surface area contributed by atoms with Gasteiger partial charge in [-0.05, 0) is 30.3 Å². The van der Waals surface area contributed by atoms with Crippen LogP contribution in [0.3, 0.4) is 0 Å². The molecule has 0 radical (unpaired) electrons. The Kier molecular flexibility index (Phi) is 3.54. The Balaban J connectivity index is 1.89. The van der Waals surface area contributed by atoms with Crippen LogP contribution in [0.1, 0.15) is 11.5 Å². The highest BCUT2D eigenvalue weighted by molar-refractivity contribution is 5.56. The van der Waals surface area contributed by atoms with Crippen LogP contribution in [0.2, 0.25) is 0 Å². The second-order valence-electron chi connectivity index (χ2n) is 4.59. The van der Waals surface area contributed by atoms with E-state index < -0.39 is 17.5 Å². The summed E-state index contributed by atoms with van der Waals surface area (Å²) in [7, 11) is 0. The van der Waals surface area contributed by atoms with Crippen molar-refractivity contribution >= 4 is 0 Å². The summed E-state index contributed by atoms with van der Waals surface area (Å²) in [5.41, 5.74) is 0.0916. The standard InChI is InChI=1S/C15H9F3N2O2/c16-9-1-4-12(17)8(5-9)6-14-19-15(20-22-14)11-3-2-10(21)7-13(11)18/h1-5,7,21H,6H2. The largest absolute Gasteiger partial charge is 0.508 e. The second kappa shape index (κ2) is 5.51. The molecular formula is C15H9F3N2O2. The zero-order valence-electron chi connectivity index (χ0n) is 11.1. The van der Waals surface area contributed by atoms with Crippen LogP contribution in [0.15, 0.2) is 40.9 Å². The van der Waals surface area contributed by atoms with Crippen LogP contribution in [-0.4, -0.2) is 15.2 Å². The Morgan fingerprint density at radius 3 is 2.59 bits per heavy atom. The molecule has 0 saturated carbocycles. The van der Waals surface area contributed by atoms with Gasteiger partial charge in [0.1, 0.15) is 23.2 Å². The van der Waals surface area contributed by atoms with Crippen LogP contribution < -0.4 is 0 Å². The second-order valence-corrected chi connectivity index (χ2v) is 4.59. The zero-order chi connectivity index (χ0) is 15.7. The van der Waals surface area contributed by atoms with Crippen molar-refractivity contribution in [1.82, 2.24) is 10.1 Å². The lowest BCUT2D eigenvalue weighted by atomic mass is 10.1. The van der Waals surface area contributed by atoms with E-state index in [0.29, 0.717) is 0 Å². The molecule has 0 fully saturated rings. The lowest BCUT2D eigenvalue weighted by molar-refractivity contribution is 0.383. The fraction of sp³-hybridized carbons (Fsp3) is 0.0667. The molecule has 3 aromatic rings. The lowest BCUT2D eigenvalue weighted by Gasteiger charge is -1.99. The number of aromatic hydroxyl groups is 1. The van der Waals surface area contributed by atoms with Gasteiger partial charge in [-0.2, -0.15) is 4.98 Å². The van der Waals surface area contributed by atoms with E-state index in [2.05, 4.69) is 10.1 Å². The van der Waals surface area contributed by atoms with E-state index in [0.717, 1.165) is 24.3 Å². The molecule has 112 valence electrons. The number of rotatable bonds is 3. The molecule has 1 aromatic heterocycles. The molecule has 0 aliphatic heterocycles. The molecule has 0 saturated heterocycles. The molecule has 1 heterocycles. The van der Waals surface area contributed by atoms with Gasteiger partial charge in [-0.25, -0.2) is 13.2 Å². The quantitative estimate of drug-likeness (QED) is 0.805. The van der Waals surface area contributed by atoms with E-state index in [1.807, 2.05) is 0 Å². The molecule has 1 N–H and O–H groups in total. The van der Waals surface area contributed by atoms with Crippen LogP contribution in [0.4, 0.5) is 13.2 Å². The van der Waals surface area contributed by atoms with Crippen molar-refractivity contribution in [3.8, 4) is 17.1 Å². The Hall–Kier alpha value is -2.83. The van der Waals surface area contributed by atoms with E-state index in [1.165, 1.54) is 12.1 Å². The first-order valence-electron chi connectivity index (χ1n) is 6.28. The molecule has 0 bridgehead atoms. The van der Waals surface area contributed by atoms with E-state index in [4.69, 9.17) is 9.63 Å². The topological polar surface area (TPSA) is 59.2 Å². The predicted octanol–water partition coefficient (Wildman–Crippen LogP) is 3.45. The van der Waals surface area contributed by atoms with Gasteiger partial charge in [0, 0.05) is 11.6 Å². The average Bonchev–Trinajstić information content (AvgIpc) is 2.91. The number of aromatic nitrogens is 2. The highest BCUT2D eigenvalue weighted by Crippen LogP contribution is 2.24. The first-order chi connectivity index (χ1) is 10.5. The summed E-state index contributed by atoms with van der Waals surface area (Å²) in [5.74, 6) is -2.15. The van der Waals surface area contributed by atoms with Gasteiger partial charge in [-0.15, -0.1) is 0 Å². The van der Waals surface area contributed by atoms with Crippen molar-refractivity contribution in [1.29, 1.82) is 0 Å². The third-order valence-corrected chi connectivity index (χ3v) is 3.01. The molecular weight excluding hydrogens is 297 g/mol. The van der Waals surface area contributed by atoms with Crippen LogP contribution in [0.5, 0.6) is 5.75 Å². The third kappa shape index (κ3) is 2.78. The van der Waals surface area contributed by atoms with Crippen LogP contribution in [0, 0.1) is 17.5 Å². The van der Waals surface area contributed by atoms with Gasteiger partial charge in [-0.1, -0.05) is 5.16 Å². The minimum absolute atomic E-state index is 0.0203. The Bertz CT molecular complexity index is 833. The van der Waals surface area contributed by atoms with Crippen molar-refractivity contribution in [3.05, 3.63) is 65.3 Å². The highest BCUT2D eigenvalue weighted by atomic mass is 19.1. The van der Waals surface area contributed by atoms with Gasteiger partial charge < -0.3 is 9.63 Å². The number of phenolic OH excluding ortho intramolecular Hbond substituents is 1. The maximum absolute atomic E-state index is 13.7. The highest BCUT2D eigenvalue weighted by Gasteiger charge is 2.15. The summed E-state index contributed by atoms with van der Waals surface area (Å²) in [6.45, 7) is 0. The summed E-state index contributed by atoms with van der Waals surface area (Å²) in [6.07, 6.45) is -0.115. The summed E-state index contributed by atoms with van der Waals surface area (Å²) >= 11 is 0. The molecule has 7 heteroatoms. The van der Waals surface area contributed by atoms with Gasteiger partial charge >= 0.3 is 0 Å². The van der Waals surface area contributed by atoms with Crippen molar-refractivity contribution in [2.24, 2.45) is 0 Å². The van der Waals surface area contributed by atoms with Gasteiger partial charge in [0.2, 0.25) is 11.7 Å². The van der Waals surface area contributed by atoms with E-state index in [1.54, 1.807) is 0 Å². The first-order valence-corrected chi connectivity index (χ1v) is 6.28. The number of halogens is 3. The van der Waals surface area contributed by atoms with Crippen LogP contribution >= 0.6 is 0 Å². The molecule has 0 aliphatic carbocycles. The van der Waals surface area contributed by atoms with Crippen molar-refractivity contribution in [2.45, 2.75) is 6.42 Å². The molecule has 3 rings (SSSR count). The predicted molar refractivity (Wildman–Crippen MR) is 70.5 cm³/mol. The minimum atomic E-state index is -0.718. The SMILES string of the molecule is Oc1ccc(-c2noc(Cc3cc(F)ccc3F)n2)c(F)c1. The smallest absolute Gasteiger partial charge is 0.231 e. The van der Waals surface area contributed by atoms with E-state index in [-0.39, 0.29) is 35.0 Å². The fourth-order valence-electron chi connectivity index (χ4n) is 1.96. The van der Waals surface area contributed by atoms with Crippen LogP contribution in [-0.2, 0) is 6.42 Å². The van der Waals surface area contributed by atoms with Crippen molar-refractivity contribution in [2.75, 3.05) is 0 Å². The molecule has 0 aliphatic rings. The molecule has 2 aromatic carbocycles. The Labute approximate surface area is 122 Å². The van der Waals surface area contributed by atoms with Gasteiger partial charge in [0.15, 0.2) is 0 Å². The van der Waals surface area contributed by atoms with Gasteiger partial charge in [0.05, 0.1) is 12.0 Å². The number of phenols is 1. The van der Waals surface area contributed by atoms with E-state index in [9.17, 15) is 13.2 Å². The minimum Gasteiger partial charge on any atom is -0.508 e. The van der Waals surface area contributed by atoms with Crippen molar-refractivity contribution in [3.63, 3.8) is 0 Å². The first kappa shape index (κ1) is 14.1. The molecule has 0 amide bonds. The summed E-state index contributed by atoms with van der Waals surface area (Å²) < 4.78 is 45.3. The maximum Gasteiger partial charge on any atom is 0.231 e. The number of nitrogens with zero attached hydrogens (tertiary/aromatic N) is 2. The Morgan fingerprint density at radius 2 is 1.82 bits per heavy atom. The molecule has 0 spiro atoms. The zero-order valence-corrected chi connectivity index (χ0v) is 11.1. The summed E-state index contributed by atoms with van der Waals surface area (Å²) in [5, 5.41) is 12.8. The number of hydrogen-bond donors (Lipinski definition) is 1. The lowest BCUT2D eigenvalue weighted by Crippen LogP contribution is -1.94. The number of hydrogen-bond acceptors (Lipinski definition) is 4. The summed E-state index contributed by atoms with van der Waals surface area (Å²) in [6, 6.07) is 6.52. The van der Waals surface area contributed by atoms with Gasteiger partial charge in [-0.3, -0.25) is 0 Å². The maximum atomic E-state index is 13.7. The fourth-order valence-corrected chi connectivity index (χ4v) is 1.96. The van der Waals surface area contributed by atoms with Gasteiger partial charge in [0.25, 0.3) is 0 Å². The van der Waals surface area contributed by atoms with Crippen LogP contribution in [0.25, 0.3) is 11.4 Å². The molecule has 4 nitrogen and oxygen atoms in total. The van der Waals surface area contributed by atoms with E-state index >= 15 is 0 Å². The molecule has 0 unspecified atom stereocenters. The molecule has 22 heavy (non-hydrogen) atoms. The monoisotopic (exact) mass is 306 g/mol.